The minimum absolute atomic E-state index is 0.627. The first-order valence-corrected chi connectivity index (χ1v) is 6.47. The summed E-state index contributed by atoms with van der Waals surface area (Å²) in [5.41, 5.74) is 1.15. The van der Waals surface area contributed by atoms with E-state index in [1.54, 1.807) is 0 Å². The third kappa shape index (κ3) is 2.64. The molecule has 2 rings (SSSR count). The molecular formula is C13H23N3. The second-order valence-corrected chi connectivity index (χ2v) is 5.04. The number of nitrogens with one attached hydrogen (secondary N) is 1. The molecule has 0 aliphatic carbocycles. The molecule has 0 spiro atoms. The van der Waals surface area contributed by atoms with Crippen LogP contribution >= 0.6 is 0 Å². The molecule has 0 radical (unpaired) electrons. The molecule has 0 aromatic carbocycles. The lowest BCUT2D eigenvalue weighted by atomic mass is 10.1. The van der Waals surface area contributed by atoms with Gasteiger partial charge in [0.15, 0.2) is 0 Å². The van der Waals surface area contributed by atoms with Crippen LogP contribution in [0.15, 0.2) is 6.20 Å². The molecule has 1 aliphatic heterocycles. The highest BCUT2D eigenvalue weighted by Crippen LogP contribution is 2.15. The monoisotopic (exact) mass is 221 g/mol. The first-order chi connectivity index (χ1) is 7.69. The van der Waals surface area contributed by atoms with Crippen LogP contribution in [0.4, 0.5) is 0 Å². The van der Waals surface area contributed by atoms with Crippen LogP contribution in [0.5, 0.6) is 0 Å². The molecule has 3 heteroatoms. The van der Waals surface area contributed by atoms with E-state index in [1.807, 2.05) is 0 Å². The van der Waals surface area contributed by atoms with Crippen LogP contribution in [0.25, 0.3) is 0 Å². The number of rotatable bonds is 4. The maximum Gasteiger partial charge on any atom is 0.109 e. The summed E-state index contributed by atoms with van der Waals surface area (Å²) in [4.78, 5) is 4.54. The average molecular weight is 221 g/mol. The quantitative estimate of drug-likeness (QED) is 0.845. The Morgan fingerprint density at radius 2 is 2.44 bits per heavy atom. The zero-order valence-electron chi connectivity index (χ0n) is 10.7. The Labute approximate surface area is 98.3 Å². The van der Waals surface area contributed by atoms with E-state index in [4.69, 9.17) is 0 Å². The number of aryl methyl sites for hydroxylation is 2. The normalized spacial score (nSPS) is 21.8. The number of hydrogen-bond acceptors (Lipinski definition) is 2. The van der Waals surface area contributed by atoms with Crippen molar-refractivity contribution >= 4 is 0 Å². The Balaban J connectivity index is 1.92. The van der Waals surface area contributed by atoms with Gasteiger partial charge in [-0.1, -0.05) is 13.3 Å². The van der Waals surface area contributed by atoms with Gasteiger partial charge in [0.05, 0.1) is 5.69 Å². The number of aromatic nitrogens is 2. The minimum atomic E-state index is 0.627. The second kappa shape index (κ2) is 5.00. The zero-order valence-corrected chi connectivity index (χ0v) is 10.7. The Morgan fingerprint density at radius 1 is 1.62 bits per heavy atom. The summed E-state index contributed by atoms with van der Waals surface area (Å²) in [6, 6.07) is 1.27. The fourth-order valence-corrected chi connectivity index (χ4v) is 2.64. The Bertz CT molecular complexity index is 343. The van der Waals surface area contributed by atoms with Crippen molar-refractivity contribution < 1.29 is 0 Å². The van der Waals surface area contributed by atoms with Gasteiger partial charge in [-0.25, -0.2) is 4.98 Å². The molecule has 0 fully saturated rings. The van der Waals surface area contributed by atoms with Crippen molar-refractivity contribution in [3.05, 3.63) is 17.7 Å². The highest BCUT2D eigenvalue weighted by Gasteiger charge is 2.20. The van der Waals surface area contributed by atoms with Gasteiger partial charge in [-0.15, -0.1) is 0 Å². The van der Waals surface area contributed by atoms with Crippen molar-refractivity contribution in [2.75, 3.05) is 0 Å². The molecule has 0 saturated carbocycles. The summed E-state index contributed by atoms with van der Waals surface area (Å²) >= 11 is 0. The molecular weight excluding hydrogens is 198 g/mol. The molecule has 3 nitrogen and oxygen atoms in total. The van der Waals surface area contributed by atoms with Crippen molar-refractivity contribution in [1.29, 1.82) is 0 Å². The third-order valence-electron chi connectivity index (χ3n) is 3.36. The van der Waals surface area contributed by atoms with Gasteiger partial charge in [-0.3, -0.25) is 0 Å². The lowest BCUT2D eigenvalue weighted by Crippen LogP contribution is -2.42. The summed E-state index contributed by atoms with van der Waals surface area (Å²) in [7, 11) is 0. The number of hydrogen-bond donors (Lipinski definition) is 1. The van der Waals surface area contributed by atoms with Crippen LogP contribution in [0.3, 0.4) is 0 Å². The maximum absolute atomic E-state index is 4.54. The van der Waals surface area contributed by atoms with Crippen molar-refractivity contribution in [2.24, 2.45) is 0 Å². The maximum atomic E-state index is 4.54. The van der Waals surface area contributed by atoms with Crippen molar-refractivity contribution in [1.82, 2.24) is 14.9 Å². The van der Waals surface area contributed by atoms with E-state index in [0.29, 0.717) is 12.1 Å². The zero-order chi connectivity index (χ0) is 11.5. The molecule has 1 aromatic heterocycles. The van der Waals surface area contributed by atoms with Crippen LogP contribution in [-0.4, -0.2) is 21.6 Å². The molecule has 0 saturated heterocycles. The standard InChI is InChI=1S/C13H23N3/c1-4-5-10(2)14-12-6-7-13-15-11(3)8-16(13)9-12/h8,10,12,14H,4-7,9H2,1-3H3. The van der Waals surface area contributed by atoms with Gasteiger partial charge in [0.2, 0.25) is 0 Å². The highest BCUT2D eigenvalue weighted by atomic mass is 15.1. The predicted octanol–water partition coefficient (Wildman–Crippen LogP) is 2.28. The molecule has 1 aliphatic rings. The smallest absolute Gasteiger partial charge is 0.109 e. The molecule has 2 atom stereocenters. The van der Waals surface area contributed by atoms with E-state index in [9.17, 15) is 0 Å². The Morgan fingerprint density at radius 3 is 3.19 bits per heavy atom. The van der Waals surface area contributed by atoms with Gasteiger partial charge < -0.3 is 9.88 Å². The molecule has 2 unspecified atom stereocenters. The number of imidazole rings is 1. The summed E-state index contributed by atoms with van der Waals surface area (Å²) in [5.74, 6) is 1.26. The van der Waals surface area contributed by atoms with Gasteiger partial charge in [0, 0.05) is 31.2 Å². The van der Waals surface area contributed by atoms with Crippen LogP contribution in [0.1, 0.15) is 44.6 Å². The predicted molar refractivity (Wildman–Crippen MR) is 66.6 cm³/mol. The molecule has 2 heterocycles. The van der Waals surface area contributed by atoms with Gasteiger partial charge in [0.25, 0.3) is 0 Å². The van der Waals surface area contributed by atoms with Crippen molar-refractivity contribution in [3.63, 3.8) is 0 Å². The van der Waals surface area contributed by atoms with E-state index in [-0.39, 0.29) is 0 Å². The molecule has 1 N–H and O–H groups in total. The largest absolute Gasteiger partial charge is 0.333 e. The van der Waals surface area contributed by atoms with Crippen LogP contribution < -0.4 is 5.32 Å². The SMILES string of the molecule is CCCC(C)NC1CCc2nc(C)cn2C1. The Kier molecular flexibility index (Phi) is 3.64. The lowest BCUT2D eigenvalue weighted by molar-refractivity contribution is 0.340. The topological polar surface area (TPSA) is 29.9 Å². The second-order valence-electron chi connectivity index (χ2n) is 5.04. The van der Waals surface area contributed by atoms with Crippen molar-refractivity contribution in [2.45, 2.75) is 65.1 Å². The summed E-state index contributed by atoms with van der Waals surface area (Å²) < 4.78 is 2.31. The fourth-order valence-electron chi connectivity index (χ4n) is 2.64. The number of nitrogens with zero attached hydrogens (tertiary/aromatic N) is 2. The Hall–Kier alpha value is -0.830. The molecule has 0 bridgehead atoms. The molecule has 1 aromatic rings. The molecule has 16 heavy (non-hydrogen) atoms. The summed E-state index contributed by atoms with van der Waals surface area (Å²) in [5, 5.41) is 3.72. The van der Waals surface area contributed by atoms with E-state index in [0.717, 1.165) is 18.7 Å². The van der Waals surface area contributed by atoms with Crippen LogP contribution in [0, 0.1) is 6.92 Å². The van der Waals surface area contributed by atoms with Crippen LogP contribution in [0.2, 0.25) is 0 Å². The van der Waals surface area contributed by atoms with Gasteiger partial charge >= 0.3 is 0 Å². The molecule has 0 amide bonds. The summed E-state index contributed by atoms with van der Waals surface area (Å²) in [6.45, 7) is 7.70. The average Bonchev–Trinajstić information content (AvgIpc) is 2.57. The van der Waals surface area contributed by atoms with E-state index in [1.165, 1.54) is 25.1 Å². The highest BCUT2D eigenvalue weighted by molar-refractivity contribution is 5.05. The van der Waals surface area contributed by atoms with Gasteiger partial charge in [0.1, 0.15) is 5.82 Å². The summed E-state index contributed by atoms with van der Waals surface area (Å²) in [6.07, 6.45) is 7.05. The third-order valence-corrected chi connectivity index (χ3v) is 3.36. The minimum Gasteiger partial charge on any atom is -0.333 e. The fraction of sp³-hybridized carbons (Fsp3) is 0.769. The lowest BCUT2D eigenvalue weighted by Gasteiger charge is -2.27. The molecule has 90 valence electrons. The first kappa shape index (κ1) is 11.6. The van der Waals surface area contributed by atoms with E-state index in [2.05, 4.69) is 41.8 Å². The van der Waals surface area contributed by atoms with Crippen LogP contribution in [-0.2, 0) is 13.0 Å². The first-order valence-electron chi connectivity index (χ1n) is 6.47. The van der Waals surface area contributed by atoms with E-state index >= 15 is 0 Å². The van der Waals surface area contributed by atoms with Crippen molar-refractivity contribution in [3.8, 4) is 0 Å². The van der Waals surface area contributed by atoms with E-state index < -0.39 is 0 Å². The number of fused-ring (bicyclic) bond motifs is 1. The van der Waals surface area contributed by atoms with Gasteiger partial charge in [-0.2, -0.15) is 0 Å². The van der Waals surface area contributed by atoms with Gasteiger partial charge in [-0.05, 0) is 26.7 Å².